The smallest absolute Gasteiger partial charge is 0.317 e. The molecule has 0 bridgehead atoms. The molecule has 4 heteroatoms. The van der Waals surface area contributed by atoms with Crippen LogP contribution < -0.4 is 16.0 Å². The number of amides is 2. The lowest BCUT2D eigenvalue weighted by Crippen LogP contribution is -2.49. The molecule has 0 aromatic heterocycles. The maximum Gasteiger partial charge on any atom is 0.342 e. The molecule has 0 fully saturated rings. The van der Waals surface area contributed by atoms with Gasteiger partial charge in [0.1, 0.15) is 6.17 Å². The molecule has 0 aromatic carbocycles. The van der Waals surface area contributed by atoms with E-state index < -0.39 is 0 Å². The Labute approximate surface area is 59.7 Å². The van der Waals surface area contributed by atoms with E-state index in [0.29, 0.717) is 0 Å². The van der Waals surface area contributed by atoms with Gasteiger partial charge in [-0.25, -0.2) is 10.1 Å². The third-order valence-corrected chi connectivity index (χ3v) is 1.40. The van der Waals surface area contributed by atoms with Crippen LogP contribution in [0.5, 0.6) is 0 Å². The van der Waals surface area contributed by atoms with Gasteiger partial charge < -0.3 is 5.32 Å². The van der Waals surface area contributed by atoms with Crippen LogP contribution in [0.3, 0.4) is 0 Å². The Bertz CT molecular complexity index is 176. The van der Waals surface area contributed by atoms with E-state index in [4.69, 9.17) is 0 Å². The SMILES string of the molecule is CNC1NC(=O)[N]C=C1C. The highest BCUT2D eigenvalue weighted by molar-refractivity contribution is 5.76. The topological polar surface area (TPSA) is 55.2 Å². The summed E-state index contributed by atoms with van der Waals surface area (Å²) in [6.07, 6.45) is 1.52. The summed E-state index contributed by atoms with van der Waals surface area (Å²) >= 11 is 0. The fourth-order valence-corrected chi connectivity index (χ4v) is 0.809. The molecule has 0 aliphatic carbocycles. The van der Waals surface area contributed by atoms with Crippen LogP contribution >= 0.6 is 0 Å². The molecular formula is C6H10N3O. The van der Waals surface area contributed by atoms with Gasteiger partial charge >= 0.3 is 6.03 Å². The summed E-state index contributed by atoms with van der Waals surface area (Å²) < 4.78 is 0. The van der Waals surface area contributed by atoms with Crippen molar-refractivity contribution >= 4 is 6.03 Å². The summed E-state index contributed by atoms with van der Waals surface area (Å²) in [5.74, 6) is 0. The van der Waals surface area contributed by atoms with Crippen molar-refractivity contribution in [3.05, 3.63) is 11.8 Å². The molecule has 4 nitrogen and oxygen atoms in total. The molecule has 0 saturated carbocycles. The third kappa shape index (κ3) is 1.27. The Morgan fingerprint density at radius 1 is 1.80 bits per heavy atom. The maximum absolute atomic E-state index is 10.6. The molecule has 1 rings (SSSR count). The van der Waals surface area contributed by atoms with E-state index in [-0.39, 0.29) is 12.2 Å². The molecule has 1 aliphatic heterocycles. The van der Waals surface area contributed by atoms with Crippen molar-refractivity contribution in [2.45, 2.75) is 13.1 Å². The van der Waals surface area contributed by atoms with Crippen LogP contribution in [-0.4, -0.2) is 19.2 Å². The molecule has 2 N–H and O–H groups in total. The first-order chi connectivity index (χ1) is 4.74. The average Bonchev–Trinajstić information content (AvgIpc) is 1.94. The van der Waals surface area contributed by atoms with Crippen molar-refractivity contribution in [1.82, 2.24) is 16.0 Å². The first kappa shape index (κ1) is 7.08. The normalized spacial score (nSPS) is 24.8. The van der Waals surface area contributed by atoms with E-state index in [1.54, 1.807) is 13.2 Å². The van der Waals surface area contributed by atoms with Crippen molar-refractivity contribution in [2.24, 2.45) is 0 Å². The molecule has 1 atom stereocenters. The molecule has 1 aliphatic rings. The standard InChI is InChI=1S/C6H10N3O/c1-4-3-8-6(10)9-5(4)7-2/h3,5,7H,1-2H3,(H,9,10). The lowest BCUT2D eigenvalue weighted by molar-refractivity contribution is 0.237. The van der Waals surface area contributed by atoms with Crippen LogP contribution in [0.2, 0.25) is 0 Å². The van der Waals surface area contributed by atoms with Gasteiger partial charge in [-0.05, 0) is 19.5 Å². The zero-order valence-electron chi connectivity index (χ0n) is 6.01. The number of hydrogen-bond donors (Lipinski definition) is 2. The summed E-state index contributed by atoms with van der Waals surface area (Å²) in [6, 6.07) is -0.287. The molecule has 55 valence electrons. The predicted molar refractivity (Wildman–Crippen MR) is 37.3 cm³/mol. The third-order valence-electron chi connectivity index (χ3n) is 1.40. The van der Waals surface area contributed by atoms with Crippen LogP contribution in [0.1, 0.15) is 6.92 Å². The number of urea groups is 1. The average molecular weight is 140 g/mol. The quantitative estimate of drug-likeness (QED) is 0.528. The van der Waals surface area contributed by atoms with E-state index >= 15 is 0 Å². The van der Waals surface area contributed by atoms with E-state index in [1.165, 1.54) is 0 Å². The molecule has 1 unspecified atom stereocenters. The highest BCUT2D eigenvalue weighted by Crippen LogP contribution is 2.00. The molecule has 10 heavy (non-hydrogen) atoms. The van der Waals surface area contributed by atoms with E-state index in [1.807, 2.05) is 6.92 Å². The van der Waals surface area contributed by atoms with Crippen molar-refractivity contribution < 1.29 is 4.79 Å². The minimum Gasteiger partial charge on any atom is -0.317 e. The fourth-order valence-electron chi connectivity index (χ4n) is 0.809. The first-order valence-corrected chi connectivity index (χ1v) is 3.09. The van der Waals surface area contributed by atoms with Crippen molar-refractivity contribution in [3.8, 4) is 0 Å². The van der Waals surface area contributed by atoms with Gasteiger partial charge in [0.2, 0.25) is 0 Å². The van der Waals surface area contributed by atoms with Crippen LogP contribution in [0.15, 0.2) is 11.8 Å². The predicted octanol–water partition coefficient (Wildman–Crippen LogP) is -0.237. The number of rotatable bonds is 1. The van der Waals surface area contributed by atoms with Crippen molar-refractivity contribution in [1.29, 1.82) is 0 Å². The summed E-state index contributed by atoms with van der Waals surface area (Å²) in [5.41, 5.74) is 1.02. The minimum absolute atomic E-state index is 0.0509. The lowest BCUT2D eigenvalue weighted by Gasteiger charge is -2.21. The zero-order valence-corrected chi connectivity index (χ0v) is 6.01. The van der Waals surface area contributed by atoms with Gasteiger partial charge in [0, 0.05) is 6.20 Å². The van der Waals surface area contributed by atoms with E-state index in [0.717, 1.165) is 5.57 Å². The number of nitrogens with one attached hydrogen (secondary N) is 2. The van der Waals surface area contributed by atoms with E-state index in [2.05, 4.69) is 16.0 Å². The molecule has 0 saturated heterocycles. The van der Waals surface area contributed by atoms with Gasteiger partial charge in [-0.1, -0.05) is 0 Å². The number of likely N-dealkylation sites (N-methyl/N-ethyl adjacent to an activating group) is 1. The van der Waals surface area contributed by atoms with Gasteiger partial charge in [0.05, 0.1) is 0 Å². The summed E-state index contributed by atoms with van der Waals surface area (Å²) in [7, 11) is 1.79. The Morgan fingerprint density at radius 3 is 3.00 bits per heavy atom. The lowest BCUT2D eigenvalue weighted by atomic mass is 10.2. The Kier molecular flexibility index (Phi) is 1.91. The highest BCUT2D eigenvalue weighted by Gasteiger charge is 2.16. The Morgan fingerprint density at radius 2 is 2.50 bits per heavy atom. The second kappa shape index (κ2) is 2.70. The molecule has 0 spiro atoms. The van der Waals surface area contributed by atoms with E-state index in [9.17, 15) is 4.79 Å². The molecule has 1 radical (unpaired) electrons. The first-order valence-electron chi connectivity index (χ1n) is 3.09. The second-order valence-electron chi connectivity index (χ2n) is 2.17. The zero-order chi connectivity index (χ0) is 7.56. The summed E-state index contributed by atoms with van der Waals surface area (Å²) in [4.78, 5) is 10.6. The molecular weight excluding hydrogens is 130 g/mol. The van der Waals surface area contributed by atoms with Crippen LogP contribution in [0.25, 0.3) is 0 Å². The molecule has 2 amide bonds. The molecule has 0 aromatic rings. The van der Waals surface area contributed by atoms with Crippen LogP contribution in [-0.2, 0) is 0 Å². The van der Waals surface area contributed by atoms with Crippen molar-refractivity contribution in [2.75, 3.05) is 7.05 Å². The minimum atomic E-state index is -0.287. The van der Waals surface area contributed by atoms with Gasteiger partial charge in [-0.2, -0.15) is 0 Å². The van der Waals surface area contributed by atoms with Crippen LogP contribution in [0.4, 0.5) is 4.79 Å². The van der Waals surface area contributed by atoms with Crippen LogP contribution in [0, 0.1) is 0 Å². The number of carbonyl (C=O) groups is 1. The van der Waals surface area contributed by atoms with Gasteiger partial charge in [0.15, 0.2) is 0 Å². The summed E-state index contributed by atoms with van der Waals surface area (Å²) in [6.45, 7) is 1.91. The second-order valence-corrected chi connectivity index (χ2v) is 2.17. The Balaban J connectivity index is 2.65. The fraction of sp³-hybridized carbons (Fsp3) is 0.500. The van der Waals surface area contributed by atoms with Gasteiger partial charge in [-0.3, -0.25) is 5.32 Å². The highest BCUT2D eigenvalue weighted by atomic mass is 16.2. The molecule has 1 heterocycles. The van der Waals surface area contributed by atoms with Gasteiger partial charge in [0.25, 0.3) is 0 Å². The monoisotopic (exact) mass is 140 g/mol. The largest absolute Gasteiger partial charge is 0.342 e. The Hall–Kier alpha value is -1.03. The summed E-state index contributed by atoms with van der Waals surface area (Å²) in [5, 5.41) is 9.11. The van der Waals surface area contributed by atoms with Crippen molar-refractivity contribution in [3.63, 3.8) is 0 Å². The number of hydrogen-bond acceptors (Lipinski definition) is 2. The van der Waals surface area contributed by atoms with Gasteiger partial charge in [-0.15, -0.1) is 0 Å². The number of carbonyl (C=O) groups excluding carboxylic acids is 1. The number of nitrogens with zero attached hydrogens (tertiary/aromatic N) is 1. The maximum atomic E-state index is 10.6.